The largest absolute Gasteiger partial charge is 0.480 e. The number of carboxylic acids is 1. The highest BCUT2D eigenvalue weighted by Gasteiger charge is 2.28. The summed E-state index contributed by atoms with van der Waals surface area (Å²) < 4.78 is 0. The predicted molar refractivity (Wildman–Crippen MR) is 75.4 cm³/mol. The van der Waals surface area contributed by atoms with E-state index in [-0.39, 0.29) is 0 Å². The quantitative estimate of drug-likeness (QED) is 0.740. The molecule has 2 heterocycles. The zero-order valence-electron chi connectivity index (χ0n) is 12.0. The molecule has 5 nitrogen and oxygen atoms in total. The second-order valence-electron chi connectivity index (χ2n) is 5.81. The number of aliphatic carboxylic acids is 1. The van der Waals surface area contributed by atoms with Crippen molar-refractivity contribution in [3.05, 3.63) is 0 Å². The number of piperidine rings is 1. The van der Waals surface area contributed by atoms with Gasteiger partial charge in [0.2, 0.25) is 0 Å². The maximum atomic E-state index is 11.0. The van der Waals surface area contributed by atoms with Crippen LogP contribution in [0.15, 0.2) is 0 Å². The molecule has 0 bridgehead atoms. The van der Waals surface area contributed by atoms with Gasteiger partial charge in [-0.1, -0.05) is 6.42 Å². The summed E-state index contributed by atoms with van der Waals surface area (Å²) in [6.45, 7) is 5.65. The fourth-order valence-corrected chi connectivity index (χ4v) is 3.30. The summed E-state index contributed by atoms with van der Waals surface area (Å²) in [7, 11) is 1.72. The fraction of sp³-hybridized carbons (Fsp3) is 0.929. The number of hydrogen-bond acceptors (Lipinski definition) is 4. The van der Waals surface area contributed by atoms with Gasteiger partial charge in [-0.3, -0.25) is 9.69 Å². The van der Waals surface area contributed by atoms with Crippen LogP contribution in [0.4, 0.5) is 0 Å². The van der Waals surface area contributed by atoms with Crippen molar-refractivity contribution in [2.75, 3.05) is 39.8 Å². The summed E-state index contributed by atoms with van der Waals surface area (Å²) in [6.07, 6.45) is 6.01. The lowest BCUT2D eigenvalue weighted by Gasteiger charge is -2.32. The van der Waals surface area contributed by atoms with Gasteiger partial charge in [0.15, 0.2) is 0 Å². The third kappa shape index (κ3) is 4.16. The van der Waals surface area contributed by atoms with Gasteiger partial charge in [0.25, 0.3) is 0 Å². The topological polar surface area (TPSA) is 55.8 Å². The van der Waals surface area contributed by atoms with Crippen LogP contribution in [0, 0.1) is 0 Å². The Morgan fingerprint density at radius 3 is 2.68 bits per heavy atom. The predicted octanol–water partition coefficient (Wildman–Crippen LogP) is 0.609. The Labute approximate surface area is 115 Å². The van der Waals surface area contributed by atoms with Crippen LogP contribution < -0.4 is 5.32 Å². The van der Waals surface area contributed by atoms with Crippen LogP contribution in [-0.4, -0.2) is 72.7 Å². The average Bonchev–Trinajstić information content (AvgIpc) is 2.89. The van der Waals surface area contributed by atoms with E-state index < -0.39 is 12.0 Å². The van der Waals surface area contributed by atoms with Gasteiger partial charge >= 0.3 is 5.97 Å². The summed E-state index contributed by atoms with van der Waals surface area (Å²) in [4.78, 5) is 16.0. The third-order valence-corrected chi connectivity index (χ3v) is 4.54. The van der Waals surface area contributed by atoms with E-state index >= 15 is 0 Å². The van der Waals surface area contributed by atoms with Crippen molar-refractivity contribution in [3.63, 3.8) is 0 Å². The van der Waals surface area contributed by atoms with Crippen molar-refractivity contribution in [2.24, 2.45) is 0 Å². The number of nitrogens with zero attached hydrogens (tertiary/aromatic N) is 2. The maximum absolute atomic E-state index is 11.0. The van der Waals surface area contributed by atoms with Gasteiger partial charge in [-0.15, -0.1) is 0 Å². The molecule has 2 aliphatic rings. The minimum atomic E-state index is -0.741. The second-order valence-corrected chi connectivity index (χ2v) is 5.81. The molecule has 2 aliphatic heterocycles. The fourth-order valence-electron chi connectivity index (χ4n) is 3.30. The van der Waals surface area contributed by atoms with Crippen LogP contribution in [0.3, 0.4) is 0 Å². The SMILES string of the molecule is CNC(CCN1CCC(N2CCCCC2)C1)C(=O)O. The number of likely N-dealkylation sites (tertiary alicyclic amines) is 2. The highest BCUT2D eigenvalue weighted by molar-refractivity contribution is 5.73. The normalized spacial score (nSPS) is 27.5. The zero-order chi connectivity index (χ0) is 13.7. The summed E-state index contributed by atoms with van der Waals surface area (Å²) in [6, 6.07) is 0.298. The Hall–Kier alpha value is -0.650. The highest BCUT2D eigenvalue weighted by atomic mass is 16.4. The number of nitrogens with one attached hydrogen (secondary N) is 1. The van der Waals surface area contributed by atoms with Gasteiger partial charge in [-0.2, -0.15) is 0 Å². The Balaban J connectivity index is 1.71. The first-order valence-electron chi connectivity index (χ1n) is 7.57. The van der Waals surface area contributed by atoms with Crippen LogP contribution in [0.5, 0.6) is 0 Å². The van der Waals surface area contributed by atoms with E-state index in [1.165, 1.54) is 38.8 Å². The van der Waals surface area contributed by atoms with Crippen molar-refractivity contribution in [1.29, 1.82) is 0 Å². The standard InChI is InChI=1S/C14H27N3O2/c1-15-13(14(18)19)6-10-16-9-5-12(11-16)17-7-3-2-4-8-17/h12-13,15H,2-11H2,1H3,(H,18,19). The van der Waals surface area contributed by atoms with E-state index in [2.05, 4.69) is 15.1 Å². The Bertz CT molecular complexity index is 292. The molecule has 2 rings (SSSR count). The van der Waals surface area contributed by atoms with Gasteiger partial charge in [-0.05, 0) is 52.4 Å². The van der Waals surface area contributed by atoms with E-state index in [1.54, 1.807) is 7.05 Å². The molecular formula is C14H27N3O2. The summed E-state index contributed by atoms with van der Waals surface area (Å²) in [5.41, 5.74) is 0. The van der Waals surface area contributed by atoms with Crippen molar-refractivity contribution in [2.45, 2.75) is 44.2 Å². The van der Waals surface area contributed by atoms with E-state index in [9.17, 15) is 4.79 Å². The minimum Gasteiger partial charge on any atom is -0.480 e. The zero-order valence-corrected chi connectivity index (χ0v) is 12.0. The Morgan fingerprint density at radius 1 is 1.32 bits per heavy atom. The molecule has 0 radical (unpaired) electrons. The van der Waals surface area contributed by atoms with Crippen LogP contribution in [-0.2, 0) is 4.79 Å². The first-order chi connectivity index (χ1) is 9.20. The Kier molecular flexibility index (Phi) is 5.60. The van der Waals surface area contributed by atoms with Crippen LogP contribution in [0.25, 0.3) is 0 Å². The lowest BCUT2D eigenvalue weighted by Crippen LogP contribution is -2.41. The number of rotatable bonds is 6. The molecule has 0 aromatic carbocycles. The van der Waals surface area contributed by atoms with E-state index in [0.717, 1.165) is 19.6 Å². The van der Waals surface area contributed by atoms with E-state index in [1.807, 2.05) is 0 Å². The molecule has 0 aromatic heterocycles. The molecule has 0 saturated carbocycles. The second kappa shape index (κ2) is 7.22. The van der Waals surface area contributed by atoms with Gasteiger partial charge in [0, 0.05) is 19.1 Å². The third-order valence-electron chi connectivity index (χ3n) is 4.54. The number of carboxylic acid groups (broad SMARTS) is 1. The minimum absolute atomic E-state index is 0.408. The molecular weight excluding hydrogens is 242 g/mol. The van der Waals surface area contributed by atoms with E-state index in [4.69, 9.17) is 5.11 Å². The van der Waals surface area contributed by atoms with Gasteiger partial charge in [0.05, 0.1) is 0 Å². The van der Waals surface area contributed by atoms with Gasteiger partial charge in [0.1, 0.15) is 6.04 Å². The van der Waals surface area contributed by atoms with Crippen LogP contribution in [0.1, 0.15) is 32.1 Å². The lowest BCUT2D eigenvalue weighted by molar-refractivity contribution is -0.139. The molecule has 2 N–H and O–H groups in total. The maximum Gasteiger partial charge on any atom is 0.320 e. The number of hydrogen-bond donors (Lipinski definition) is 2. The molecule has 2 atom stereocenters. The molecule has 0 amide bonds. The molecule has 0 aromatic rings. The Morgan fingerprint density at radius 2 is 2.05 bits per heavy atom. The smallest absolute Gasteiger partial charge is 0.320 e. The molecule has 0 spiro atoms. The van der Waals surface area contributed by atoms with Gasteiger partial charge in [-0.25, -0.2) is 0 Å². The van der Waals surface area contributed by atoms with Crippen molar-refractivity contribution < 1.29 is 9.90 Å². The molecule has 2 fully saturated rings. The van der Waals surface area contributed by atoms with E-state index in [0.29, 0.717) is 12.5 Å². The number of likely N-dealkylation sites (N-methyl/N-ethyl adjacent to an activating group) is 1. The summed E-state index contributed by atoms with van der Waals surface area (Å²) >= 11 is 0. The van der Waals surface area contributed by atoms with Crippen molar-refractivity contribution in [3.8, 4) is 0 Å². The molecule has 2 saturated heterocycles. The van der Waals surface area contributed by atoms with Crippen molar-refractivity contribution in [1.82, 2.24) is 15.1 Å². The van der Waals surface area contributed by atoms with Crippen molar-refractivity contribution >= 4 is 5.97 Å². The molecule has 5 heteroatoms. The number of carbonyl (C=O) groups is 1. The lowest BCUT2D eigenvalue weighted by atomic mass is 10.1. The molecule has 19 heavy (non-hydrogen) atoms. The summed E-state index contributed by atoms with van der Waals surface area (Å²) in [5, 5.41) is 11.9. The highest BCUT2D eigenvalue weighted by Crippen LogP contribution is 2.20. The monoisotopic (exact) mass is 269 g/mol. The molecule has 0 aliphatic carbocycles. The first-order valence-corrected chi connectivity index (χ1v) is 7.57. The first kappa shape index (κ1) is 14.8. The average molecular weight is 269 g/mol. The summed E-state index contributed by atoms with van der Waals surface area (Å²) in [5.74, 6) is -0.741. The van der Waals surface area contributed by atoms with Crippen LogP contribution >= 0.6 is 0 Å². The van der Waals surface area contributed by atoms with Crippen LogP contribution in [0.2, 0.25) is 0 Å². The molecule has 2 unspecified atom stereocenters. The van der Waals surface area contributed by atoms with Gasteiger partial charge < -0.3 is 15.3 Å². The molecule has 110 valence electrons.